The van der Waals surface area contributed by atoms with Crippen LogP contribution in [0.15, 0.2) is 60.1 Å². The zero-order valence-electron chi connectivity index (χ0n) is 17.5. The number of methoxy groups -OCH3 is 1. The van der Waals surface area contributed by atoms with Crippen molar-refractivity contribution in [3.05, 3.63) is 77.8 Å². The second-order valence-corrected chi connectivity index (χ2v) is 6.97. The molecule has 4 aromatic rings. The molecule has 0 spiro atoms. The fourth-order valence-corrected chi connectivity index (χ4v) is 3.57. The maximum absolute atomic E-state index is 14.3. The van der Waals surface area contributed by atoms with E-state index in [-0.39, 0.29) is 5.82 Å². The Kier molecular flexibility index (Phi) is 5.88. The van der Waals surface area contributed by atoms with Gasteiger partial charge in [0.25, 0.3) is 0 Å². The summed E-state index contributed by atoms with van der Waals surface area (Å²) in [6.45, 7) is 1.83. The van der Waals surface area contributed by atoms with Crippen molar-refractivity contribution >= 4 is 11.4 Å². The number of nitrogens with zero attached hydrogens (tertiary/aromatic N) is 5. The highest BCUT2D eigenvalue weighted by Gasteiger charge is 2.14. The summed E-state index contributed by atoms with van der Waals surface area (Å²) in [7, 11) is 3.05. The van der Waals surface area contributed by atoms with E-state index in [1.54, 1.807) is 31.8 Å². The normalized spacial score (nSPS) is 11.7. The Morgan fingerprint density at radius 2 is 1.97 bits per heavy atom. The van der Waals surface area contributed by atoms with Crippen LogP contribution in [0.25, 0.3) is 16.8 Å². The summed E-state index contributed by atoms with van der Waals surface area (Å²) in [5.74, 6) is 0.282. The monoisotopic (exact) mass is 419 g/mol. The van der Waals surface area contributed by atoms with Crippen LogP contribution >= 0.6 is 0 Å². The third-order valence-electron chi connectivity index (χ3n) is 5.14. The van der Waals surface area contributed by atoms with E-state index in [1.165, 1.54) is 13.2 Å². The van der Waals surface area contributed by atoms with Crippen LogP contribution in [-0.2, 0) is 17.7 Å². The quantitative estimate of drug-likeness (QED) is 0.333. The molecule has 0 saturated carbocycles. The van der Waals surface area contributed by atoms with Gasteiger partial charge in [0.2, 0.25) is 0 Å². The SMILES string of the molecule is CO/N=C(\C)c1ccc(-c2ccc(CCc3c(F)cccc3OC)n3cnnc23)cn1. The minimum atomic E-state index is -0.269. The Bertz CT molecular complexity index is 1230. The highest BCUT2D eigenvalue weighted by Crippen LogP contribution is 2.26. The number of hydrogen-bond acceptors (Lipinski definition) is 6. The first-order valence-corrected chi connectivity index (χ1v) is 9.80. The smallest absolute Gasteiger partial charge is 0.168 e. The topological polar surface area (TPSA) is 73.9 Å². The number of aryl methyl sites for hydroxylation is 1. The largest absolute Gasteiger partial charge is 0.496 e. The first-order chi connectivity index (χ1) is 15.1. The van der Waals surface area contributed by atoms with E-state index in [4.69, 9.17) is 9.57 Å². The molecule has 3 heterocycles. The van der Waals surface area contributed by atoms with Crippen molar-refractivity contribution in [1.29, 1.82) is 0 Å². The number of ether oxygens (including phenoxy) is 1. The molecule has 0 aliphatic heterocycles. The Morgan fingerprint density at radius 1 is 1.10 bits per heavy atom. The van der Waals surface area contributed by atoms with Crippen molar-refractivity contribution in [2.75, 3.05) is 14.2 Å². The van der Waals surface area contributed by atoms with Crippen LogP contribution in [0.1, 0.15) is 23.9 Å². The molecule has 8 heteroatoms. The molecule has 0 fully saturated rings. The molecule has 0 unspecified atom stereocenters. The van der Waals surface area contributed by atoms with Crippen LogP contribution in [-0.4, -0.2) is 39.5 Å². The van der Waals surface area contributed by atoms with Gasteiger partial charge in [-0.3, -0.25) is 9.38 Å². The average Bonchev–Trinajstić information content (AvgIpc) is 3.28. The van der Waals surface area contributed by atoms with Crippen molar-refractivity contribution in [2.45, 2.75) is 19.8 Å². The fourth-order valence-electron chi connectivity index (χ4n) is 3.57. The number of oxime groups is 1. The lowest BCUT2D eigenvalue weighted by Crippen LogP contribution is -2.03. The molecule has 0 bridgehead atoms. The zero-order chi connectivity index (χ0) is 21.8. The number of halogens is 1. The number of aromatic nitrogens is 4. The number of benzene rings is 1. The first-order valence-electron chi connectivity index (χ1n) is 9.80. The fraction of sp³-hybridized carbons (Fsp3) is 0.217. The van der Waals surface area contributed by atoms with Gasteiger partial charge in [-0.2, -0.15) is 0 Å². The first kappa shape index (κ1) is 20.5. The van der Waals surface area contributed by atoms with Gasteiger partial charge in [0.15, 0.2) is 5.65 Å². The molecule has 3 aromatic heterocycles. The van der Waals surface area contributed by atoms with E-state index in [9.17, 15) is 4.39 Å². The molecule has 31 heavy (non-hydrogen) atoms. The van der Waals surface area contributed by atoms with E-state index in [0.29, 0.717) is 29.9 Å². The molecule has 0 N–H and O–H groups in total. The third kappa shape index (κ3) is 4.09. The predicted octanol–water partition coefficient (Wildman–Crippen LogP) is 4.09. The maximum atomic E-state index is 14.3. The van der Waals surface area contributed by atoms with E-state index in [0.717, 1.165) is 28.2 Å². The third-order valence-corrected chi connectivity index (χ3v) is 5.14. The highest BCUT2D eigenvalue weighted by molar-refractivity contribution is 5.96. The molecule has 0 aliphatic carbocycles. The minimum absolute atomic E-state index is 0.269. The van der Waals surface area contributed by atoms with Crippen molar-refractivity contribution in [1.82, 2.24) is 19.6 Å². The van der Waals surface area contributed by atoms with Crippen LogP contribution in [0, 0.1) is 5.82 Å². The van der Waals surface area contributed by atoms with Crippen molar-refractivity contribution in [2.24, 2.45) is 5.16 Å². The molecule has 0 atom stereocenters. The van der Waals surface area contributed by atoms with Gasteiger partial charge in [-0.05, 0) is 50.1 Å². The molecular weight excluding hydrogens is 397 g/mol. The molecule has 0 radical (unpaired) electrons. The molecule has 0 amide bonds. The standard InChI is InChI=1S/C23H22FN5O2/c1-15(28-31-3)21-12-7-16(13-25-21)18-10-8-17(29-14-26-27-23(18)29)9-11-19-20(24)5-4-6-22(19)30-2/h4-8,10,12-14H,9,11H2,1-3H3/b28-15+. The Hall–Kier alpha value is -3.81. The highest BCUT2D eigenvalue weighted by atomic mass is 19.1. The van der Waals surface area contributed by atoms with Gasteiger partial charge in [-0.1, -0.05) is 17.3 Å². The number of pyridine rings is 2. The summed E-state index contributed by atoms with van der Waals surface area (Å²) in [6.07, 6.45) is 4.55. The second kappa shape index (κ2) is 8.91. The Balaban J connectivity index is 1.63. The number of hydrogen-bond donors (Lipinski definition) is 0. The summed E-state index contributed by atoms with van der Waals surface area (Å²) in [5.41, 5.74) is 5.50. The van der Waals surface area contributed by atoms with Crippen LogP contribution in [0.2, 0.25) is 0 Å². The molecule has 0 saturated heterocycles. The number of fused-ring (bicyclic) bond motifs is 1. The lowest BCUT2D eigenvalue weighted by molar-refractivity contribution is 0.213. The molecule has 1 aromatic carbocycles. The van der Waals surface area contributed by atoms with Gasteiger partial charge in [0.05, 0.1) is 12.8 Å². The molecule has 4 rings (SSSR count). The van der Waals surface area contributed by atoms with E-state index in [2.05, 4.69) is 20.3 Å². The average molecular weight is 419 g/mol. The van der Waals surface area contributed by atoms with Gasteiger partial charge in [-0.25, -0.2) is 4.39 Å². The van der Waals surface area contributed by atoms with Crippen LogP contribution in [0.3, 0.4) is 0 Å². The van der Waals surface area contributed by atoms with Gasteiger partial charge in [-0.15, -0.1) is 10.2 Å². The summed E-state index contributed by atoms with van der Waals surface area (Å²) in [5, 5.41) is 12.3. The van der Waals surface area contributed by atoms with Gasteiger partial charge >= 0.3 is 0 Å². The van der Waals surface area contributed by atoms with Crippen LogP contribution in [0.5, 0.6) is 5.75 Å². The molecule has 158 valence electrons. The van der Waals surface area contributed by atoms with E-state index in [1.807, 2.05) is 35.6 Å². The van der Waals surface area contributed by atoms with Crippen molar-refractivity contribution in [3.63, 3.8) is 0 Å². The predicted molar refractivity (Wildman–Crippen MR) is 116 cm³/mol. The van der Waals surface area contributed by atoms with Gasteiger partial charge in [0.1, 0.15) is 30.7 Å². The van der Waals surface area contributed by atoms with Gasteiger partial charge < -0.3 is 9.57 Å². The molecular formula is C23H22FN5O2. The molecule has 0 aliphatic rings. The summed E-state index contributed by atoms with van der Waals surface area (Å²) >= 11 is 0. The Morgan fingerprint density at radius 3 is 2.71 bits per heavy atom. The van der Waals surface area contributed by atoms with E-state index >= 15 is 0 Å². The number of rotatable bonds is 7. The minimum Gasteiger partial charge on any atom is -0.496 e. The van der Waals surface area contributed by atoms with Crippen molar-refractivity contribution < 1.29 is 14.0 Å². The van der Waals surface area contributed by atoms with Crippen molar-refractivity contribution in [3.8, 4) is 16.9 Å². The Labute approximate surface area is 179 Å². The van der Waals surface area contributed by atoms with E-state index < -0.39 is 0 Å². The summed E-state index contributed by atoms with van der Waals surface area (Å²) < 4.78 is 21.5. The lowest BCUT2D eigenvalue weighted by atomic mass is 10.0. The zero-order valence-corrected chi connectivity index (χ0v) is 17.5. The van der Waals surface area contributed by atoms with Crippen LogP contribution in [0.4, 0.5) is 4.39 Å². The van der Waals surface area contributed by atoms with Crippen LogP contribution < -0.4 is 4.74 Å². The maximum Gasteiger partial charge on any atom is 0.168 e. The molecule has 7 nitrogen and oxygen atoms in total. The summed E-state index contributed by atoms with van der Waals surface area (Å²) in [4.78, 5) is 9.27. The summed E-state index contributed by atoms with van der Waals surface area (Å²) in [6, 6.07) is 12.7. The second-order valence-electron chi connectivity index (χ2n) is 6.97. The lowest BCUT2D eigenvalue weighted by Gasteiger charge is -2.12. The van der Waals surface area contributed by atoms with Gasteiger partial charge in [0, 0.05) is 28.6 Å².